The van der Waals surface area contributed by atoms with Crippen molar-refractivity contribution in [1.29, 1.82) is 0 Å². The number of imidazole rings is 1. The van der Waals surface area contributed by atoms with Crippen LogP contribution in [0.4, 0.5) is 0 Å². The minimum Gasteiger partial charge on any atom is -1.00 e. The van der Waals surface area contributed by atoms with E-state index in [1.165, 1.54) is 55.8 Å². The van der Waals surface area contributed by atoms with Crippen LogP contribution in [0.15, 0.2) is 55.0 Å². The molecule has 2 heterocycles. The van der Waals surface area contributed by atoms with Crippen LogP contribution in [-0.4, -0.2) is 4.40 Å². The molecule has 0 N–H and O–H groups in total. The molecule has 0 amide bonds. The van der Waals surface area contributed by atoms with Gasteiger partial charge in [-0.2, -0.15) is 4.40 Å². The molecular formula is C31H39ClN2. The lowest BCUT2D eigenvalue weighted by Gasteiger charge is -2.22. The van der Waals surface area contributed by atoms with Gasteiger partial charge in [0.2, 0.25) is 0 Å². The van der Waals surface area contributed by atoms with Gasteiger partial charge in [0, 0.05) is 5.56 Å². The molecule has 2 aromatic heterocycles. The third-order valence-electron chi connectivity index (χ3n) is 6.85. The largest absolute Gasteiger partial charge is 1.00 e. The molecule has 0 unspecified atom stereocenters. The van der Waals surface area contributed by atoms with Crippen LogP contribution in [-0.2, 0) is 0 Å². The summed E-state index contributed by atoms with van der Waals surface area (Å²) in [5.41, 5.74) is 13.4. The van der Waals surface area contributed by atoms with Gasteiger partial charge in [0.1, 0.15) is 17.6 Å². The average Bonchev–Trinajstić information content (AvgIpc) is 3.15. The van der Waals surface area contributed by atoms with E-state index in [0.29, 0.717) is 17.8 Å². The second-order valence-electron chi connectivity index (χ2n) is 10.6. The zero-order chi connectivity index (χ0) is 24.0. The van der Waals surface area contributed by atoms with Gasteiger partial charge in [-0.15, -0.1) is 0 Å². The Hall–Kier alpha value is -2.58. The highest BCUT2D eigenvalue weighted by Gasteiger charge is 2.24. The molecule has 2 nitrogen and oxygen atoms in total. The first-order valence-electron chi connectivity index (χ1n) is 12.4. The molecule has 0 saturated heterocycles. The van der Waals surface area contributed by atoms with E-state index in [1.807, 2.05) is 0 Å². The molecule has 0 atom stereocenters. The maximum atomic E-state index is 2.45. The minimum atomic E-state index is 0. The quantitative estimate of drug-likeness (QED) is 0.352. The van der Waals surface area contributed by atoms with Gasteiger partial charge in [0.05, 0.1) is 0 Å². The maximum absolute atomic E-state index is 2.45. The highest BCUT2D eigenvalue weighted by Crippen LogP contribution is 2.39. The van der Waals surface area contributed by atoms with E-state index < -0.39 is 0 Å². The fourth-order valence-electron chi connectivity index (χ4n) is 5.23. The number of pyridine rings is 1. The lowest BCUT2D eigenvalue weighted by Crippen LogP contribution is -3.00. The Morgan fingerprint density at radius 3 is 1.79 bits per heavy atom. The van der Waals surface area contributed by atoms with Crippen molar-refractivity contribution in [2.24, 2.45) is 0 Å². The number of fused-ring (bicyclic) bond motifs is 1. The van der Waals surface area contributed by atoms with Gasteiger partial charge in [-0.1, -0.05) is 77.4 Å². The number of nitrogens with zero attached hydrogens (tertiary/aromatic N) is 2. The highest BCUT2D eigenvalue weighted by atomic mass is 35.5. The van der Waals surface area contributed by atoms with Gasteiger partial charge in [0.15, 0.2) is 5.52 Å². The molecule has 4 rings (SSSR count). The summed E-state index contributed by atoms with van der Waals surface area (Å²) < 4.78 is 4.68. The van der Waals surface area contributed by atoms with Crippen molar-refractivity contribution in [2.45, 2.75) is 80.1 Å². The molecule has 0 aliphatic rings. The van der Waals surface area contributed by atoms with E-state index in [2.05, 4.69) is 126 Å². The van der Waals surface area contributed by atoms with Crippen molar-refractivity contribution >= 4 is 5.52 Å². The molecule has 0 bridgehead atoms. The Balaban J connectivity index is 0.00000324. The number of halogens is 1. The molecule has 180 valence electrons. The molecule has 0 radical (unpaired) electrons. The van der Waals surface area contributed by atoms with Crippen LogP contribution in [0.3, 0.4) is 0 Å². The Morgan fingerprint density at radius 2 is 1.29 bits per heavy atom. The SMILES string of the molecule is Cc1cc(C)c(-[n+]2cc3cccc(-c4c(C(C)C)cc(C(C)C)cc4C(C)C)n3c2)c(C)c1.[Cl-]. The Kier molecular flexibility index (Phi) is 7.62. The third kappa shape index (κ3) is 4.66. The molecule has 34 heavy (non-hydrogen) atoms. The highest BCUT2D eigenvalue weighted by molar-refractivity contribution is 5.73. The van der Waals surface area contributed by atoms with Gasteiger partial charge in [-0.25, -0.2) is 4.57 Å². The molecular weight excluding hydrogens is 436 g/mol. The number of benzene rings is 2. The fourth-order valence-corrected chi connectivity index (χ4v) is 5.23. The van der Waals surface area contributed by atoms with Crippen LogP contribution in [0.1, 0.15) is 92.7 Å². The van der Waals surface area contributed by atoms with E-state index in [0.717, 1.165) is 0 Å². The monoisotopic (exact) mass is 474 g/mol. The average molecular weight is 475 g/mol. The number of aromatic nitrogens is 2. The van der Waals surface area contributed by atoms with Gasteiger partial charge >= 0.3 is 0 Å². The van der Waals surface area contributed by atoms with Crippen molar-refractivity contribution < 1.29 is 17.0 Å². The Bertz CT molecular complexity index is 1270. The van der Waals surface area contributed by atoms with E-state index in [1.54, 1.807) is 0 Å². The third-order valence-corrected chi connectivity index (χ3v) is 6.85. The topological polar surface area (TPSA) is 8.29 Å². The summed E-state index contributed by atoms with van der Waals surface area (Å²) in [6.07, 6.45) is 4.53. The fraction of sp³-hybridized carbons (Fsp3) is 0.387. The molecule has 0 aliphatic heterocycles. The zero-order valence-electron chi connectivity index (χ0n) is 22.2. The van der Waals surface area contributed by atoms with Gasteiger partial charge in [0.25, 0.3) is 6.33 Å². The molecule has 3 heteroatoms. The van der Waals surface area contributed by atoms with Crippen LogP contribution in [0, 0.1) is 20.8 Å². The smallest absolute Gasteiger partial charge is 0.254 e. The summed E-state index contributed by atoms with van der Waals surface area (Å²) in [7, 11) is 0. The second-order valence-corrected chi connectivity index (χ2v) is 10.6. The first-order valence-corrected chi connectivity index (χ1v) is 12.4. The number of aryl methyl sites for hydroxylation is 3. The van der Waals surface area contributed by atoms with Crippen molar-refractivity contribution in [3.8, 4) is 16.9 Å². The van der Waals surface area contributed by atoms with Crippen molar-refractivity contribution in [3.05, 3.63) is 88.4 Å². The molecule has 0 aliphatic carbocycles. The predicted molar refractivity (Wildman–Crippen MR) is 141 cm³/mol. The maximum Gasteiger partial charge on any atom is 0.254 e. The van der Waals surface area contributed by atoms with Crippen molar-refractivity contribution in [2.75, 3.05) is 0 Å². The van der Waals surface area contributed by atoms with Crippen LogP contribution in [0.2, 0.25) is 0 Å². The van der Waals surface area contributed by atoms with E-state index in [-0.39, 0.29) is 12.4 Å². The molecule has 0 fully saturated rings. The van der Waals surface area contributed by atoms with Gasteiger partial charge in [-0.05, 0) is 78.5 Å². The standard InChI is InChI=1S/C31H39N2.ClH/c1-19(2)25-15-27(20(3)4)30(28(16-25)21(5)6)29-12-10-11-26-17-32(18-33(26)29)31-23(8)13-22(7)14-24(31)9;/h10-21H,1-9H3;1H/q+1;/p-1. The summed E-state index contributed by atoms with van der Waals surface area (Å²) in [6.45, 7) is 20.5. The summed E-state index contributed by atoms with van der Waals surface area (Å²) >= 11 is 0. The van der Waals surface area contributed by atoms with E-state index in [4.69, 9.17) is 0 Å². The van der Waals surface area contributed by atoms with Gasteiger partial charge in [-0.3, -0.25) is 0 Å². The first-order chi connectivity index (χ1) is 15.6. The summed E-state index contributed by atoms with van der Waals surface area (Å²) in [5.74, 6) is 1.43. The molecule has 2 aromatic carbocycles. The zero-order valence-corrected chi connectivity index (χ0v) is 23.0. The summed E-state index contributed by atoms with van der Waals surface area (Å²) in [5, 5.41) is 0. The second kappa shape index (κ2) is 9.96. The lowest BCUT2D eigenvalue weighted by atomic mass is 9.83. The lowest BCUT2D eigenvalue weighted by molar-refractivity contribution is -0.594. The number of hydrogen-bond acceptors (Lipinski definition) is 0. The number of hydrogen-bond donors (Lipinski definition) is 0. The van der Waals surface area contributed by atoms with Gasteiger partial charge < -0.3 is 12.4 Å². The van der Waals surface area contributed by atoms with E-state index in [9.17, 15) is 0 Å². The van der Waals surface area contributed by atoms with Crippen LogP contribution >= 0.6 is 0 Å². The first kappa shape index (κ1) is 26.0. The van der Waals surface area contributed by atoms with Crippen LogP contribution in [0.5, 0.6) is 0 Å². The number of rotatable bonds is 5. The summed E-state index contributed by atoms with van der Waals surface area (Å²) in [4.78, 5) is 0. The van der Waals surface area contributed by atoms with Crippen molar-refractivity contribution in [3.63, 3.8) is 0 Å². The van der Waals surface area contributed by atoms with Crippen LogP contribution in [0.25, 0.3) is 22.5 Å². The van der Waals surface area contributed by atoms with E-state index >= 15 is 0 Å². The van der Waals surface area contributed by atoms with Crippen molar-refractivity contribution in [1.82, 2.24) is 4.40 Å². The normalized spacial score (nSPS) is 11.6. The molecule has 0 spiro atoms. The molecule has 0 saturated carbocycles. The minimum absolute atomic E-state index is 0. The Morgan fingerprint density at radius 1 is 0.735 bits per heavy atom. The molecule has 4 aromatic rings. The van der Waals surface area contributed by atoms with Crippen LogP contribution < -0.4 is 17.0 Å². The Labute approximate surface area is 212 Å². The predicted octanol–water partition coefficient (Wildman–Crippen LogP) is 5.18. The summed E-state index contributed by atoms with van der Waals surface area (Å²) in [6, 6.07) is 16.1.